The molecule has 1 aliphatic heterocycles. The summed E-state index contributed by atoms with van der Waals surface area (Å²) >= 11 is 0. The summed E-state index contributed by atoms with van der Waals surface area (Å²) in [6, 6.07) is 0.597. The second kappa shape index (κ2) is 8.00. The highest BCUT2D eigenvalue weighted by atomic mass is 16.5. The van der Waals surface area contributed by atoms with Crippen molar-refractivity contribution in [1.82, 2.24) is 14.7 Å². The van der Waals surface area contributed by atoms with E-state index in [-0.39, 0.29) is 0 Å². The van der Waals surface area contributed by atoms with Gasteiger partial charge in [0.15, 0.2) is 0 Å². The van der Waals surface area contributed by atoms with Crippen LogP contribution < -0.4 is 4.74 Å². The molecule has 4 nitrogen and oxygen atoms in total. The van der Waals surface area contributed by atoms with Gasteiger partial charge in [-0.25, -0.2) is 0 Å². The smallest absolute Gasteiger partial charge is 0.235 e. The first-order chi connectivity index (χ1) is 10.8. The molecule has 1 saturated heterocycles. The third-order valence-electron chi connectivity index (χ3n) is 5.12. The van der Waals surface area contributed by atoms with Crippen LogP contribution in [0.5, 0.6) is 5.88 Å². The van der Waals surface area contributed by atoms with Gasteiger partial charge in [-0.3, -0.25) is 4.68 Å². The van der Waals surface area contributed by atoms with E-state index < -0.39 is 0 Å². The van der Waals surface area contributed by atoms with Crippen molar-refractivity contribution in [1.29, 1.82) is 0 Å². The van der Waals surface area contributed by atoms with E-state index >= 15 is 0 Å². The molecule has 0 amide bonds. The first kappa shape index (κ1) is 15.9. The van der Waals surface area contributed by atoms with Gasteiger partial charge in [-0.15, -0.1) is 5.10 Å². The number of aryl methyl sites for hydroxylation is 1. The maximum Gasteiger partial charge on any atom is 0.235 e. The van der Waals surface area contributed by atoms with Gasteiger partial charge in [0, 0.05) is 11.8 Å². The molecule has 0 N–H and O–H groups in total. The Morgan fingerprint density at radius 2 is 1.86 bits per heavy atom. The minimum absolute atomic E-state index is 0.597. The second-order valence-corrected chi connectivity index (χ2v) is 6.99. The second-order valence-electron chi connectivity index (χ2n) is 6.99. The third-order valence-corrected chi connectivity index (χ3v) is 5.12. The van der Waals surface area contributed by atoms with Crippen molar-refractivity contribution in [2.45, 2.75) is 70.8 Å². The summed E-state index contributed by atoms with van der Waals surface area (Å²) in [6.07, 6.45) is 13.9. The zero-order chi connectivity index (χ0) is 15.2. The van der Waals surface area contributed by atoms with E-state index in [1.165, 1.54) is 76.6 Å². The standard InChI is InChI=1S/C18H31N3O/c1-16-15-21(17-9-3-2-4-10-17)19-18(16)22-14-8-7-13-20-11-5-6-12-20/h15,17H,2-14H2,1H3. The van der Waals surface area contributed by atoms with Gasteiger partial charge in [0.1, 0.15) is 0 Å². The van der Waals surface area contributed by atoms with Crippen molar-refractivity contribution in [3.8, 4) is 5.88 Å². The first-order valence-electron chi connectivity index (χ1n) is 9.24. The predicted molar refractivity (Wildman–Crippen MR) is 89.5 cm³/mol. The molecule has 2 fully saturated rings. The Labute approximate surface area is 134 Å². The number of likely N-dealkylation sites (tertiary alicyclic amines) is 1. The van der Waals surface area contributed by atoms with Gasteiger partial charge in [0.05, 0.1) is 12.6 Å². The van der Waals surface area contributed by atoms with Gasteiger partial charge in [-0.1, -0.05) is 19.3 Å². The molecule has 1 aromatic heterocycles. The van der Waals surface area contributed by atoms with E-state index in [1.807, 2.05) is 0 Å². The van der Waals surface area contributed by atoms with Crippen molar-refractivity contribution in [2.24, 2.45) is 0 Å². The van der Waals surface area contributed by atoms with Crippen LogP contribution in [0.2, 0.25) is 0 Å². The molecule has 0 spiro atoms. The Morgan fingerprint density at radius 3 is 2.64 bits per heavy atom. The van der Waals surface area contributed by atoms with Crippen LogP contribution in [0, 0.1) is 6.92 Å². The van der Waals surface area contributed by atoms with E-state index in [0.29, 0.717) is 6.04 Å². The van der Waals surface area contributed by atoms with Crippen LogP contribution in [0.4, 0.5) is 0 Å². The Morgan fingerprint density at radius 1 is 1.09 bits per heavy atom. The van der Waals surface area contributed by atoms with Crippen LogP contribution in [0.1, 0.15) is 69.4 Å². The topological polar surface area (TPSA) is 30.3 Å². The minimum Gasteiger partial charge on any atom is -0.476 e. The Bertz CT molecular complexity index is 445. The lowest BCUT2D eigenvalue weighted by Crippen LogP contribution is -2.20. The summed E-state index contributed by atoms with van der Waals surface area (Å²) in [4.78, 5) is 2.57. The molecule has 0 radical (unpaired) electrons. The van der Waals surface area contributed by atoms with Gasteiger partial charge in [0.2, 0.25) is 5.88 Å². The molecule has 1 aliphatic carbocycles. The van der Waals surface area contributed by atoms with Crippen LogP contribution in [-0.4, -0.2) is 40.9 Å². The molecule has 4 heteroatoms. The number of hydrogen-bond donors (Lipinski definition) is 0. The molecule has 2 heterocycles. The van der Waals surface area contributed by atoms with Crippen LogP contribution in [0.25, 0.3) is 0 Å². The quantitative estimate of drug-likeness (QED) is 0.715. The van der Waals surface area contributed by atoms with Gasteiger partial charge in [-0.05, 0) is 65.1 Å². The minimum atomic E-state index is 0.597. The number of unbranched alkanes of at least 4 members (excludes halogenated alkanes) is 1. The summed E-state index contributed by atoms with van der Waals surface area (Å²) in [5.41, 5.74) is 1.19. The fraction of sp³-hybridized carbons (Fsp3) is 0.833. The lowest BCUT2D eigenvalue weighted by molar-refractivity contribution is 0.263. The monoisotopic (exact) mass is 305 g/mol. The van der Waals surface area contributed by atoms with Gasteiger partial charge in [0.25, 0.3) is 0 Å². The molecule has 1 saturated carbocycles. The molecule has 22 heavy (non-hydrogen) atoms. The lowest BCUT2D eigenvalue weighted by Gasteiger charge is -2.21. The predicted octanol–water partition coefficient (Wildman–Crippen LogP) is 3.95. The third kappa shape index (κ3) is 4.25. The van der Waals surface area contributed by atoms with Gasteiger partial charge in [-0.2, -0.15) is 0 Å². The van der Waals surface area contributed by atoms with Gasteiger partial charge < -0.3 is 9.64 Å². The van der Waals surface area contributed by atoms with Crippen LogP contribution in [0.3, 0.4) is 0 Å². The maximum absolute atomic E-state index is 5.92. The zero-order valence-corrected chi connectivity index (χ0v) is 14.1. The fourth-order valence-corrected chi connectivity index (χ4v) is 3.75. The number of nitrogens with zero attached hydrogens (tertiary/aromatic N) is 3. The summed E-state index contributed by atoms with van der Waals surface area (Å²) in [6.45, 7) is 6.75. The van der Waals surface area contributed by atoms with Crippen molar-refractivity contribution < 1.29 is 4.74 Å². The van der Waals surface area contributed by atoms with E-state index in [4.69, 9.17) is 9.84 Å². The summed E-state index contributed by atoms with van der Waals surface area (Å²) in [7, 11) is 0. The molecule has 0 unspecified atom stereocenters. The van der Waals surface area contributed by atoms with E-state index in [0.717, 1.165) is 18.9 Å². The summed E-state index contributed by atoms with van der Waals surface area (Å²) in [5, 5.41) is 4.69. The number of ether oxygens (including phenoxy) is 1. The molecule has 1 aromatic rings. The van der Waals surface area contributed by atoms with Crippen LogP contribution >= 0.6 is 0 Å². The molecule has 0 aromatic carbocycles. The average Bonchev–Trinajstić information content (AvgIpc) is 3.18. The van der Waals surface area contributed by atoms with Crippen molar-refractivity contribution in [3.05, 3.63) is 11.8 Å². The van der Waals surface area contributed by atoms with Crippen LogP contribution in [-0.2, 0) is 0 Å². The van der Waals surface area contributed by atoms with E-state index in [2.05, 4.69) is 22.7 Å². The molecule has 124 valence electrons. The van der Waals surface area contributed by atoms with Crippen LogP contribution in [0.15, 0.2) is 6.20 Å². The Balaban J connectivity index is 1.39. The lowest BCUT2D eigenvalue weighted by atomic mass is 9.96. The molecular formula is C18H31N3O. The van der Waals surface area contributed by atoms with Gasteiger partial charge >= 0.3 is 0 Å². The largest absolute Gasteiger partial charge is 0.476 e. The number of rotatable bonds is 7. The first-order valence-corrected chi connectivity index (χ1v) is 9.24. The molecule has 0 atom stereocenters. The molecule has 3 rings (SSSR count). The Kier molecular flexibility index (Phi) is 5.76. The number of aromatic nitrogens is 2. The molecule has 2 aliphatic rings. The van der Waals surface area contributed by atoms with E-state index in [9.17, 15) is 0 Å². The maximum atomic E-state index is 5.92. The number of hydrogen-bond acceptors (Lipinski definition) is 3. The van der Waals surface area contributed by atoms with Crippen molar-refractivity contribution in [3.63, 3.8) is 0 Å². The summed E-state index contributed by atoms with van der Waals surface area (Å²) in [5.74, 6) is 0.853. The van der Waals surface area contributed by atoms with Crippen molar-refractivity contribution >= 4 is 0 Å². The Hall–Kier alpha value is -1.03. The summed E-state index contributed by atoms with van der Waals surface area (Å²) < 4.78 is 8.08. The average molecular weight is 305 g/mol. The highest BCUT2D eigenvalue weighted by molar-refractivity contribution is 5.21. The normalized spacial score (nSPS) is 20.6. The highest BCUT2D eigenvalue weighted by Gasteiger charge is 2.18. The molecular weight excluding hydrogens is 274 g/mol. The van der Waals surface area contributed by atoms with E-state index in [1.54, 1.807) is 0 Å². The molecule has 0 bridgehead atoms. The SMILES string of the molecule is Cc1cn(C2CCCCC2)nc1OCCCCN1CCCC1. The highest BCUT2D eigenvalue weighted by Crippen LogP contribution is 2.29. The fourth-order valence-electron chi connectivity index (χ4n) is 3.75. The van der Waals surface area contributed by atoms with Crippen molar-refractivity contribution in [2.75, 3.05) is 26.2 Å². The zero-order valence-electron chi connectivity index (χ0n) is 14.1.